The molecule has 0 aliphatic rings. The second-order valence-electron chi connectivity index (χ2n) is 7.37. The fraction of sp³-hybridized carbons (Fsp3) is 0.591. The Morgan fingerprint density at radius 2 is 1.93 bits per heavy atom. The fourth-order valence-corrected chi connectivity index (χ4v) is 2.97. The smallest absolute Gasteiger partial charge is 0.407 e. The van der Waals surface area contributed by atoms with E-state index in [-0.39, 0.29) is 11.9 Å². The van der Waals surface area contributed by atoms with Crippen LogP contribution in [-0.2, 0) is 11.2 Å². The van der Waals surface area contributed by atoms with Gasteiger partial charge in [0, 0.05) is 25.7 Å². The first-order valence-electron chi connectivity index (χ1n) is 10.7. The number of nitrogens with one attached hydrogen (secondary N) is 4. The Bertz CT molecular complexity index is 691. The molecule has 0 spiro atoms. The highest BCUT2D eigenvalue weighted by Gasteiger charge is 2.14. The van der Waals surface area contributed by atoms with Gasteiger partial charge < -0.3 is 26.0 Å². The minimum Gasteiger partial charge on any atom is -0.450 e. The minimum atomic E-state index is -0.410. The molecule has 1 aromatic carbocycles. The maximum atomic E-state index is 11.8. The number of benzene rings is 1. The molecule has 1 rings (SSSR count). The minimum absolute atomic E-state index is 0.0926. The molecule has 0 fully saturated rings. The van der Waals surface area contributed by atoms with E-state index in [9.17, 15) is 9.59 Å². The molecule has 0 saturated heterocycles. The summed E-state index contributed by atoms with van der Waals surface area (Å²) in [7, 11) is 1.62. The zero-order chi connectivity index (χ0) is 22.4. The highest BCUT2D eigenvalue weighted by molar-refractivity contribution is 5.94. The van der Waals surface area contributed by atoms with Gasteiger partial charge >= 0.3 is 6.09 Å². The van der Waals surface area contributed by atoms with E-state index < -0.39 is 6.09 Å². The number of aliphatic imine (C=N–C) groups is 1. The van der Waals surface area contributed by atoms with Crippen molar-refractivity contribution in [1.29, 1.82) is 0 Å². The standard InChI is InChI=1S/C22H37N5O3/c1-6-24-21(26-15-19(13-16(3)4)27-22(29)30-7-2)25-12-11-17-9-8-10-18(14-17)20(28)23-5/h8-10,14,16,19H,6-7,11-13,15H2,1-5H3,(H,23,28)(H,27,29)(H2,24,25,26). The first-order valence-corrected chi connectivity index (χ1v) is 10.7. The van der Waals surface area contributed by atoms with Crippen molar-refractivity contribution in [2.24, 2.45) is 10.9 Å². The fourth-order valence-electron chi connectivity index (χ4n) is 2.97. The van der Waals surface area contributed by atoms with E-state index in [4.69, 9.17) is 4.74 Å². The van der Waals surface area contributed by atoms with Crippen LogP contribution in [0, 0.1) is 5.92 Å². The van der Waals surface area contributed by atoms with E-state index in [1.165, 1.54) is 0 Å². The van der Waals surface area contributed by atoms with Crippen LogP contribution in [0.1, 0.15) is 50.0 Å². The molecule has 0 radical (unpaired) electrons. The Hall–Kier alpha value is -2.77. The van der Waals surface area contributed by atoms with Crippen LogP contribution < -0.4 is 21.3 Å². The lowest BCUT2D eigenvalue weighted by Gasteiger charge is -2.19. The molecule has 0 bridgehead atoms. The van der Waals surface area contributed by atoms with Crippen molar-refractivity contribution in [2.45, 2.75) is 46.6 Å². The van der Waals surface area contributed by atoms with Crippen LogP contribution in [0.2, 0.25) is 0 Å². The number of hydrogen-bond donors (Lipinski definition) is 4. The molecule has 4 N–H and O–H groups in total. The van der Waals surface area contributed by atoms with E-state index in [0.29, 0.717) is 37.1 Å². The van der Waals surface area contributed by atoms with Crippen molar-refractivity contribution in [1.82, 2.24) is 21.3 Å². The monoisotopic (exact) mass is 419 g/mol. The molecule has 0 aliphatic heterocycles. The summed E-state index contributed by atoms with van der Waals surface area (Å²) in [5.74, 6) is 1.03. The van der Waals surface area contributed by atoms with Crippen LogP contribution >= 0.6 is 0 Å². The molecule has 168 valence electrons. The molecular formula is C22H37N5O3. The predicted octanol–water partition coefficient (Wildman–Crippen LogP) is 2.30. The number of hydrogen-bond acceptors (Lipinski definition) is 4. The molecular weight excluding hydrogens is 382 g/mol. The number of rotatable bonds is 11. The van der Waals surface area contributed by atoms with Gasteiger partial charge in [0.05, 0.1) is 19.2 Å². The highest BCUT2D eigenvalue weighted by atomic mass is 16.5. The largest absolute Gasteiger partial charge is 0.450 e. The normalized spacial score (nSPS) is 12.3. The van der Waals surface area contributed by atoms with E-state index in [2.05, 4.69) is 40.1 Å². The summed E-state index contributed by atoms with van der Waals surface area (Å²) in [6.45, 7) is 10.2. The van der Waals surface area contributed by atoms with Crippen LogP contribution in [0.3, 0.4) is 0 Å². The number of nitrogens with zero attached hydrogens (tertiary/aromatic N) is 1. The van der Waals surface area contributed by atoms with Crippen LogP contribution in [-0.4, -0.2) is 57.3 Å². The van der Waals surface area contributed by atoms with E-state index in [1.807, 2.05) is 25.1 Å². The molecule has 8 heteroatoms. The third-order valence-corrected chi connectivity index (χ3v) is 4.29. The Kier molecular flexibility index (Phi) is 12.0. The van der Waals surface area contributed by atoms with Gasteiger partial charge in [-0.3, -0.25) is 9.79 Å². The number of amides is 2. The van der Waals surface area contributed by atoms with Crippen LogP contribution in [0.25, 0.3) is 0 Å². The molecule has 0 heterocycles. The Morgan fingerprint density at radius 3 is 2.57 bits per heavy atom. The maximum Gasteiger partial charge on any atom is 0.407 e. The second-order valence-corrected chi connectivity index (χ2v) is 7.37. The average molecular weight is 420 g/mol. The molecule has 2 amide bonds. The van der Waals surface area contributed by atoms with Gasteiger partial charge in [-0.05, 0) is 50.3 Å². The first kappa shape index (κ1) is 25.3. The van der Waals surface area contributed by atoms with Crippen molar-refractivity contribution >= 4 is 18.0 Å². The maximum absolute atomic E-state index is 11.8. The number of guanidine groups is 1. The summed E-state index contributed by atoms with van der Waals surface area (Å²) in [5.41, 5.74) is 1.72. The first-order chi connectivity index (χ1) is 14.4. The van der Waals surface area contributed by atoms with Gasteiger partial charge in [-0.2, -0.15) is 0 Å². The third kappa shape index (κ3) is 10.1. The highest BCUT2D eigenvalue weighted by Crippen LogP contribution is 2.07. The van der Waals surface area contributed by atoms with Gasteiger partial charge in [-0.15, -0.1) is 0 Å². The van der Waals surface area contributed by atoms with Crippen molar-refractivity contribution in [2.75, 3.05) is 33.3 Å². The summed E-state index contributed by atoms with van der Waals surface area (Å²) in [6.07, 6.45) is 1.16. The Labute approximate surface area is 180 Å². The third-order valence-electron chi connectivity index (χ3n) is 4.29. The van der Waals surface area contributed by atoms with Crippen molar-refractivity contribution in [3.8, 4) is 0 Å². The van der Waals surface area contributed by atoms with Gasteiger partial charge in [-0.25, -0.2) is 4.79 Å². The van der Waals surface area contributed by atoms with Gasteiger partial charge in [0.25, 0.3) is 5.91 Å². The predicted molar refractivity (Wildman–Crippen MR) is 121 cm³/mol. The number of alkyl carbamates (subject to hydrolysis) is 1. The van der Waals surface area contributed by atoms with Gasteiger partial charge in [0.1, 0.15) is 0 Å². The lowest BCUT2D eigenvalue weighted by atomic mass is 10.0. The summed E-state index contributed by atoms with van der Waals surface area (Å²) in [4.78, 5) is 28.2. The molecule has 0 aromatic heterocycles. The SMILES string of the molecule is CCNC(=NCC(CC(C)C)NC(=O)OCC)NCCc1cccc(C(=O)NC)c1. The Balaban J connectivity index is 2.67. The summed E-state index contributed by atoms with van der Waals surface area (Å²) in [5, 5.41) is 12.1. The number of carbonyl (C=O) groups is 2. The van der Waals surface area contributed by atoms with Crippen LogP contribution in [0.15, 0.2) is 29.3 Å². The summed E-state index contributed by atoms with van der Waals surface area (Å²) >= 11 is 0. The van der Waals surface area contributed by atoms with Crippen molar-refractivity contribution in [3.05, 3.63) is 35.4 Å². The lowest BCUT2D eigenvalue weighted by molar-refractivity contribution is 0.0963. The zero-order valence-corrected chi connectivity index (χ0v) is 18.9. The molecule has 1 atom stereocenters. The molecule has 30 heavy (non-hydrogen) atoms. The summed E-state index contributed by atoms with van der Waals surface area (Å²) in [6, 6.07) is 7.49. The zero-order valence-electron chi connectivity index (χ0n) is 18.9. The molecule has 0 aliphatic carbocycles. The van der Waals surface area contributed by atoms with Crippen LogP contribution in [0.5, 0.6) is 0 Å². The molecule has 0 saturated carbocycles. The van der Waals surface area contributed by atoms with Gasteiger partial charge in [-0.1, -0.05) is 26.0 Å². The van der Waals surface area contributed by atoms with E-state index in [0.717, 1.165) is 24.9 Å². The second kappa shape index (κ2) is 14.3. The molecule has 1 unspecified atom stereocenters. The number of carbonyl (C=O) groups excluding carboxylic acids is 2. The topological polar surface area (TPSA) is 104 Å². The van der Waals surface area contributed by atoms with Crippen LogP contribution in [0.4, 0.5) is 4.79 Å². The number of ether oxygens (including phenoxy) is 1. The van der Waals surface area contributed by atoms with Crippen molar-refractivity contribution in [3.63, 3.8) is 0 Å². The lowest BCUT2D eigenvalue weighted by Crippen LogP contribution is -2.42. The van der Waals surface area contributed by atoms with Gasteiger partial charge in [0.15, 0.2) is 5.96 Å². The average Bonchev–Trinajstić information content (AvgIpc) is 2.71. The molecule has 8 nitrogen and oxygen atoms in total. The quantitative estimate of drug-likeness (QED) is 0.325. The van der Waals surface area contributed by atoms with E-state index >= 15 is 0 Å². The van der Waals surface area contributed by atoms with Crippen molar-refractivity contribution < 1.29 is 14.3 Å². The molecule has 1 aromatic rings. The summed E-state index contributed by atoms with van der Waals surface area (Å²) < 4.78 is 5.00. The Morgan fingerprint density at radius 1 is 1.17 bits per heavy atom. The van der Waals surface area contributed by atoms with E-state index in [1.54, 1.807) is 20.0 Å². The van der Waals surface area contributed by atoms with Gasteiger partial charge in [0.2, 0.25) is 0 Å².